The van der Waals surface area contributed by atoms with Gasteiger partial charge in [0.15, 0.2) is 6.04 Å². The number of benzene rings is 2. The van der Waals surface area contributed by atoms with Crippen molar-refractivity contribution < 1.29 is 15.3 Å². The fourth-order valence-electron chi connectivity index (χ4n) is 1.90. The molecule has 3 nitrogen and oxygen atoms in total. The van der Waals surface area contributed by atoms with Gasteiger partial charge in [-0.3, -0.25) is 0 Å². The molecule has 0 unspecified atom stereocenters. The Morgan fingerprint density at radius 1 is 1.24 bits per heavy atom. The fourth-order valence-corrected chi connectivity index (χ4v) is 1.90. The molecule has 2 rings (SSSR count). The molecule has 1 atom stereocenters. The Morgan fingerprint density at radius 2 is 1.94 bits per heavy atom. The van der Waals surface area contributed by atoms with E-state index in [-0.39, 0.29) is 12.0 Å². The third kappa shape index (κ3) is 2.63. The van der Waals surface area contributed by atoms with Crippen LogP contribution >= 0.6 is 0 Å². The van der Waals surface area contributed by atoms with E-state index < -0.39 is 0 Å². The van der Waals surface area contributed by atoms with Crippen molar-refractivity contribution in [3.8, 4) is 0 Å². The van der Waals surface area contributed by atoms with E-state index >= 15 is 0 Å². The summed E-state index contributed by atoms with van der Waals surface area (Å²) in [6, 6.07) is 14.0. The highest BCUT2D eigenvalue weighted by Gasteiger charge is 2.17. The number of hydrogen-bond donors (Lipinski definition) is 1. The van der Waals surface area contributed by atoms with Crippen molar-refractivity contribution in [1.29, 1.82) is 0 Å². The summed E-state index contributed by atoms with van der Waals surface area (Å²) < 4.78 is 4.67. The van der Waals surface area contributed by atoms with Gasteiger partial charge in [-0.25, -0.2) is 4.79 Å². The number of esters is 1. The average molecular weight is 230 g/mol. The molecule has 0 aliphatic rings. The van der Waals surface area contributed by atoms with E-state index in [1.54, 1.807) is 0 Å². The van der Waals surface area contributed by atoms with E-state index in [4.69, 9.17) is 0 Å². The molecule has 17 heavy (non-hydrogen) atoms. The molecule has 88 valence electrons. The maximum absolute atomic E-state index is 11.3. The fraction of sp³-hybridized carbons (Fsp3) is 0.214. The van der Waals surface area contributed by atoms with Crippen LogP contribution in [0.5, 0.6) is 0 Å². The second-order valence-electron chi connectivity index (χ2n) is 4.11. The Kier molecular flexibility index (Phi) is 3.40. The third-order valence-corrected chi connectivity index (χ3v) is 2.83. The monoisotopic (exact) mass is 230 g/mol. The molecule has 0 bridgehead atoms. The molecular formula is C14H16NO2+. The van der Waals surface area contributed by atoms with E-state index in [2.05, 4.69) is 34.7 Å². The van der Waals surface area contributed by atoms with Crippen molar-refractivity contribution in [3.63, 3.8) is 0 Å². The summed E-state index contributed by atoms with van der Waals surface area (Å²) in [5.41, 5.74) is 4.92. The molecule has 0 saturated heterocycles. The average Bonchev–Trinajstić information content (AvgIpc) is 2.37. The number of carbonyl (C=O) groups is 1. The van der Waals surface area contributed by atoms with Crippen LogP contribution < -0.4 is 5.73 Å². The Balaban J connectivity index is 2.22. The number of carbonyl (C=O) groups excluding carboxylic acids is 1. The van der Waals surface area contributed by atoms with Gasteiger partial charge in [0.05, 0.1) is 7.11 Å². The normalized spacial score (nSPS) is 12.4. The molecule has 0 saturated carbocycles. The largest absolute Gasteiger partial charge is 0.465 e. The second kappa shape index (κ2) is 4.97. The van der Waals surface area contributed by atoms with Gasteiger partial charge in [0, 0.05) is 6.42 Å². The molecule has 0 aromatic heterocycles. The second-order valence-corrected chi connectivity index (χ2v) is 4.11. The number of ether oxygens (including phenoxy) is 1. The lowest BCUT2D eigenvalue weighted by atomic mass is 10.0. The zero-order valence-corrected chi connectivity index (χ0v) is 9.85. The van der Waals surface area contributed by atoms with E-state index in [0.717, 1.165) is 5.56 Å². The first-order valence-corrected chi connectivity index (χ1v) is 5.59. The minimum Gasteiger partial charge on any atom is -0.465 e. The Labute approximate surface area is 100 Å². The third-order valence-electron chi connectivity index (χ3n) is 2.83. The van der Waals surface area contributed by atoms with Crippen molar-refractivity contribution in [2.24, 2.45) is 0 Å². The van der Waals surface area contributed by atoms with Gasteiger partial charge in [-0.2, -0.15) is 0 Å². The predicted octanol–water partition coefficient (Wildman–Crippen LogP) is 1.17. The highest BCUT2D eigenvalue weighted by molar-refractivity contribution is 5.83. The van der Waals surface area contributed by atoms with E-state index in [1.165, 1.54) is 17.9 Å². The highest BCUT2D eigenvalue weighted by Crippen LogP contribution is 2.16. The minimum atomic E-state index is -0.346. The summed E-state index contributed by atoms with van der Waals surface area (Å²) in [6.07, 6.45) is 0.609. The molecule has 0 amide bonds. The topological polar surface area (TPSA) is 53.9 Å². The van der Waals surface area contributed by atoms with Gasteiger partial charge in [0.25, 0.3) is 0 Å². The quantitative estimate of drug-likeness (QED) is 0.805. The van der Waals surface area contributed by atoms with Crippen LogP contribution in [0.4, 0.5) is 0 Å². The zero-order chi connectivity index (χ0) is 12.3. The molecule has 2 aromatic rings. The molecule has 0 aliphatic carbocycles. The van der Waals surface area contributed by atoms with Crippen molar-refractivity contribution in [3.05, 3.63) is 48.0 Å². The first-order chi connectivity index (χ1) is 8.20. The van der Waals surface area contributed by atoms with Crippen LogP contribution in [0.25, 0.3) is 10.8 Å². The predicted molar refractivity (Wildman–Crippen MR) is 66.3 cm³/mol. The number of rotatable bonds is 3. The molecular weight excluding hydrogens is 214 g/mol. The maximum Gasteiger partial charge on any atom is 0.364 e. The Morgan fingerprint density at radius 3 is 2.65 bits per heavy atom. The standard InChI is InChI=1S/C14H15NO2/c1-17-14(16)13(15)9-10-6-7-11-4-2-3-5-12(11)8-10/h2-8,13H,9,15H2,1H3/p+1/t13-/m0/s1. The van der Waals surface area contributed by atoms with Crippen molar-refractivity contribution in [1.82, 2.24) is 0 Å². The molecule has 2 aromatic carbocycles. The summed E-state index contributed by atoms with van der Waals surface area (Å²) in [4.78, 5) is 11.3. The Bertz CT molecular complexity index is 536. The lowest BCUT2D eigenvalue weighted by molar-refractivity contribution is -0.407. The first-order valence-electron chi connectivity index (χ1n) is 5.59. The molecule has 0 heterocycles. The van der Waals surface area contributed by atoms with Gasteiger partial charge in [0.1, 0.15) is 0 Å². The van der Waals surface area contributed by atoms with E-state index in [0.29, 0.717) is 6.42 Å². The molecule has 0 aliphatic heterocycles. The molecule has 3 N–H and O–H groups in total. The van der Waals surface area contributed by atoms with Crippen LogP contribution in [0.2, 0.25) is 0 Å². The van der Waals surface area contributed by atoms with E-state index in [1.807, 2.05) is 18.2 Å². The summed E-state index contributed by atoms with van der Waals surface area (Å²) in [6.45, 7) is 0. The number of hydrogen-bond acceptors (Lipinski definition) is 2. The highest BCUT2D eigenvalue weighted by atomic mass is 16.5. The van der Waals surface area contributed by atoms with E-state index in [9.17, 15) is 4.79 Å². The molecule has 0 fully saturated rings. The number of quaternary nitrogens is 1. The maximum atomic E-state index is 11.3. The van der Waals surface area contributed by atoms with Gasteiger partial charge >= 0.3 is 5.97 Å². The van der Waals surface area contributed by atoms with Crippen molar-refractivity contribution >= 4 is 16.7 Å². The number of methoxy groups -OCH3 is 1. The van der Waals surface area contributed by atoms with Gasteiger partial charge in [-0.05, 0) is 16.3 Å². The Hall–Kier alpha value is -1.87. The van der Waals surface area contributed by atoms with Crippen LogP contribution in [0.15, 0.2) is 42.5 Å². The molecule has 0 radical (unpaired) electrons. The van der Waals surface area contributed by atoms with Crippen LogP contribution in [0.1, 0.15) is 5.56 Å². The summed E-state index contributed by atoms with van der Waals surface area (Å²) >= 11 is 0. The summed E-state index contributed by atoms with van der Waals surface area (Å²) in [7, 11) is 1.39. The van der Waals surface area contributed by atoms with Gasteiger partial charge in [0.2, 0.25) is 0 Å². The minimum absolute atomic E-state index is 0.266. The zero-order valence-electron chi connectivity index (χ0n) is 9.85. The summed E-state index contributed by atoms with van der Waals surface area (Å²) in [5, 5.41) is 2.39. The SMILES string of the molecule is COC(=O)[C@@H]([NH3+])Cc1ccc2ccccc2c1. The number of fused-ring (bicyclic) bond motifs is 1. The van der Waals surface area contributed by atoms with Gasteiger partial charge < -0.3 is 10.5 Å². The summed E-state index contributed by atoms with van der Waals surface area (Å²) in [5.74, 6) is -0.266. The van der Waals surface area contributed by atoms with Crippen LogP contribution in [-0.2, 0) is 16.0 Å². The lowest BCUT2D eigenvalue weighted by Crippen LogP contribution is -2.66. The molecule has 3 heteroatoms. The van der Waals surface area contributed by atoms with Crippen LogP contribution in [0.3, 0.4) is 0 Å². The van der Waals surface area contributed by atoms with Crippen molar-refractivity contribution in [2.75, 3.05) is 7.11 Å². The van der Waals surface area contributed by atoms with Gasteiger partial charge in [-0.1, -0.05) is 42.5 Å². The van der Waals surface area contributed by atoms with Crippen molar-refractivity contribution in [2.45, 2.75) is 12.5 Å². The molecule has 0 spiro atoms. The van der Waals surface area contributed by atoms with Crippen LogP contribution in [-0.4, -0.2) is 19.1 Å². The van der Waals surface area contributed by atoms with Crippen LogP contribution in [0, 0.1) is 0 Å². The first kappa shape index (κ1) is 11.6. The smallest absolute Gasteiger partial charge is 0.364 e. The van der Waals surface area contributed by atoms with Gasteiger partial charge in [-0.15, -0.1) is 0 Å². The lowest BCUT2D eigenvalue weighted by Gasteiger charge is -2.07.